The Morgan fingerprint density at radius 2 is 1.72 bits per heavy atom. The summed E-state index contributed by atoms with van der Waals surface area (Å²) in [4.78, 5) is 11.4. The molecule has 0 aliphatic carbocycles. The molecule has 1 fully saturated rings. The highest BCUT2D eigenvalue weighted by Gasteiger charge is 2.41. The van der Waals surface area contributed by atoms with Gasteiger partial charge in [0.05, 0.1) is 24.9 Å². The Bertz CT molecular complexity index is 1190. The van der Waals surface area contributed by atoms with Gasteiger partial charge in [-0.25, -0.2) is 4.98 Å². The molecular weight excluding hydrogens is 418 g/mol. The molecule has 1 aromatic carbocycles. The molecule has 0 spiro atoms. The van der Waals surface area contributed by atoms with Gasteiger partial charge in [0.15, 0.2) is 5.11 Å². The number of hydrogen-bond donors (Lipinski definition) is 1. The Hall–Kier alpha value is -3.71. The van der Waals surface area contributed by atoms with Crippen LogP contribution in [-0.2, 0) is 6.54 Å². The minimum absolute atomic E-state index is 0.0588. The Kier molecular flexibility index (Phi) is 5.56. The molecule has 5 rings (SSSR count). The molecule has 160 valence electrons. The van der Waals surface area contributed by atoms with Gasteiger partial charge >= 0.3 is 0 Å². The van der Waals surface area contributed by atoms with E-state index in [0.717, 1.165) is 28.5 Å². The molecule has 1 N–H and O–H groups in total. The van der Waals surface area contributed by atoms with E-state index < -0.39 is 0 Å². The highest BCUT2D eigenvalue weighted by atomic mass is 32.1. The van der Waals surface area contributed by atoms with Gasteiger partial charge in [-0.3, -0.25) is 4.98 Å². The lowest BCUT2D eigenvalue weighted by Gasteiger charge is -2.29. The average Bonchev–Trinajstić information content (AvgIpc) is 3.45. The fourth-order valence-corrected chi connectivity index (χ4v) is 4.47. The van der Waals surface area contributed by atoms with Crippen molar-refractivity contribution >= 4 is 17.3 Å². The quantitative estimate of drug-likeness (QED) is 0.446. The Balaban J connectivity index is 1.57. The normalized spacial score (nSPS) is 17.9. The molecule has 0 saturated carbocycles. The number of benzene rings is 1. The summed E-state index contributed by atoms with van der Waals surface area (Å²) in [5.41, 5.74) is 3.20. The zero-order valence-electron chi connectivity index (χ0n) is 17.6. The first kappa shape index (κ1) is 20.2. The molecule has 4 heterocycles. The number of pyridine rings is 2. The predicted molar refractivity (Wildman–Crippen MR) is 128 cm³/mol. The SMILES string of the molecule is COc1ccc(CN2C(=S)N[C@H](c3ccccn3)[C@H]2c2cccn2-c2ccccn2)cc1. The van der Waals surface area contributed by atoms with Crippen molar-refractivity contribution in [2.24, 2.45) is 0 Å². The molecular formula is C25H23N5OS. The minimum atomic E-state index is -0.0840. The summed E-state index contributed by atoms with van der Waals surface area (Å²) in [5.74, 6) is 1.71. The standard InChI is InChI=1S/C25H23N5OS/c1-31-19-12-10-18(11-13-19)17-30-24(23(28-25(30)32)20-7-2-4-14-26-20)21-8-6-16-29(21)22-9-3-5-15-27-22/h2-16,23-24H,17H2,1H3,(H,28,32)/t23-,24-/m1/s1. The molecule has 1 aliphatic heterocycles. The number of nitrogens with one attached hydrogen (secondary N) is 1. The van der Waals surface area contributed by atoms with Gasteiger partial charge in [0.1, 0.15) is 11.6 Å². The van der Waals surface area contributed by atoms with Crippen molar-refractivity contribution in [3.05, 3.63) is 108 Å². The van der Waals surface area contributed by atoms with Gasteiger partial charge in [-0.1, -0.05) is 24.3 Å². The molecule has 4 aromatic rings. The summed E-state index contributed by atoms with van der Waals surface area (Å²) in [6.07, 6.45) is 5.67. The van der Waals surface area contributed by atoms with Crippen molar-refractivity contribution in [1.29, 1.82) is 0 Å². The first-order valence-electron chi connectivity index (χ1n) is 10.4. The van der Waals surface area contributed by atoms with Crippen molar-refractivity contribution < 1.29 is 4.74 Å². The smallest absolute Gasteiger partial charge is 0.170 e. The van der Waals surface area contributed by atoms with Crippen LogP contribution in [-0.4, -0.2) is 31.7 Å². The van der Waals surface area contributed by atoms with Crippen LogP contribution in [0, 0.1) is 0 Å². The number of methoxy groups -OCH3 is 1. The molecule has 0 amide bonds. The lowest BCUT2D eigenvalue weighted by molar-refractivity contribution is 0.302. The lowest BCUT2D eigenvalue weighted by atomic mass is 10.0. The zero-order chi connectivity index (χ0) is 21.9. The number of aromatic nitrogens is 3. The lowest BCUT2D eigenvalue weighted by Crippen LogP contribution is -2.30. The van der Waals surface area contributed by atoms with E-state index in [1.165, 1.54) is 0 Å². The van der Waals surface area contributed by atoms with Crippen LogP contribution in [0.25, 0.3) is 5.82 Å². The summed E-state index contributed by atoms with van der Waals surface area (Å²) in [5, 5.41) is 4.22. The van der Waals surface area contributed by atoms with Crippen LogP contribution in [0.3, 0.4) is 0 Å². The zero-order valence-corrected chi connectivity index (χ0v) is 18.4. The number of ether oxygens (including phenoxy) is 1. The van der Waals surface area contributed by atoms with Crippen LogP contribution in [0.4, 0.5) is 0 Å². The molecule has 1 aliphatic rings. The largest absolute Gasteiger partial charge is 0.497 e. The summed E-state index contributed by atoms with van der Waals surface area (Å²) >= 11 is 5.81. The Labute approximate surface area is 192 Å². The van der Waals surface area contributed by atoms with Gasteiger partial charge in [-0.05, 0) is 66.3 Å². The molecule has 0 unspecified atom stereocenters. The Morgan fingerprint density at radius 1 is 0.938 bits per heavy atom. The van der Waals surface area contributed by atoms with Gasteiger partial charge in [0.25, 0.3) is 0 Å². The number of thiocarbonyl (C=S) groups is 1. The van der Waals surface area contributed by atoms with Crippen molar-refractivity contribution in [2.45, 2.75) is 18.6 Å². The first-order valence-corrected chi connectivity index (χ1v) is 10.8. The third-order valence-corrected chi connectivity index (χ3v) is 6.04. The number of hydrogen-bond acceptors (Lipinski definition) is 4. The molecule has 6 nitrogen and oxygen atoms in total. The fourth-order valence-electron chi connectivity index (χ4n) is 4.17. The van der Waals surface area contributed by atoms with E-state index in [9.17, 15) is 0 Å². The van der Waals surface area contributed by atoms with E-state index in [2.05, 4.69) is 43.0 Å². The van der Waals surface area contributed by atoms with Crippen molar-refractivity contribution in [2.75, 3.05) is 7.11 Å². The van der Waals surface area contributed by atoms with Crippen molar-refractivity contribution in [3.8, 4) is 11.6 Å². The molecule has 1 saturated heterocycles. The monoisotopic (exact) mass is 441 g/mol. The third-order valence-electron chi connectivity index (χ3n) is 5.69. The van der Waals surface area contributed by atoms with E-state index in [1.807, 2.05) is 73.2 Å². The molecule has 0 radical (unpaired) electrons. The summed E-state index contributed by atoms with van der Waals surface area (Å²) in [6.45, 7) is 0.664. The summed E-state index contributed by atoms with van der Waals surface area (Å²) < 4.78 is 7.43. The van der Waals surface area contributed by atoms with Crippen LogP contribution in [0.1, 0.15) is 29.0 Å². The maximum Gasteiger partial charge on any atom is 0.170 e. The van der Waals surface area contributed by atoms with E-state index in [1.54, 1.807) is 7.11 Å². The van der Waals surface area contributed by atoms with Crippen LogP contribution in [0.5, 0.6) is 5.75 Å². The topological polar surface area (TPSA) is 55.2 Å². The first-order chi connectivity index (χ1) is 15.7. The van der Waals surface area contributed by atoms with E-state index >= 15 is 0 Å². The predicted octanol–water partition coefficient (Wildman–Crippen LogP) is 4.45. The highest BCUT2D eigenvalue weighted by Crippen LogP contribution is 2.40. The van der Waals surface area contributed by atoms with Gasteiger partial charge in [-0.2, -0.15) is 0 Å². The van der Waals surface area contributed by atoms with E-state index in [4.69, 9.17) is 17.0 Å². The van der Waals surface area contributed by atoms with Gasteiger partial charge in [0.2, 0.25) is 0 Å². The maximum atomic E-state index is 5.81. The second kappa shape index (κ2) is 8.80. The molecule has 7 heteroatoms. The third kappa shape index (κ3) is 3.83. The Morgan fingerprint density at radius 3 is 2.41 bits per heavy atom. The fraction of sp³-hybridized carbons (Fsp3) is 0.160. The molecule has 3 aromatic heterocycles. The number of rotatable bonds is 6. The van der Waals surface area contributed by atoms with Gasteiger partial charge in [0, 0.05) is 30.8 Å². The number of nitrogens with zero attached hydrogens (tertiary/aromatic N) is 4. The van der Waals surface area contributed by atoms with Crippen molar-refractivity contribution in [3.63, 3.8) is 0 Å². The van der Waals surface area contributed by atoms with E-state index in [0.29, 0.717) is 11.7 Å². The average molecular weight is 442 g/mol. The van der Waals surface area contributed by atoms with Gasteiger partial charge in [-0.15, -0.1) is 0 Å². The highest BCUT2D eigenvalue weighted by molar-refractivity contribution is 7.80. The second-order valence-electron chi connectivity index (χ2n) is 7.59. The molecule has 2 atom stereocenters. The second-order valence-corrected chi connectivity index (χ2v) is 7.98. The van der Waals surface area contributed by atoms with Crippen molar-refractivity contribution in [1.82, 2.24) is 24.8 Å². The maximum absolute atomic E-state index is 5.81. The van der Waals surface area contributed by atoms with E-state index in [-0.39, 0.29) is 12.1 Å². The van der Waals surface area contributed by atoms with Crippen LogP contribution in [0.2, 0.25) is 0 Å². The molecule has 32 heavy (non-hydrogen) atoms. The molecule has 0 bridgehead atoms. The van der Waals surface area contributed by atoms with Crippen LogP contribution < -0.4 is 10.1 Å². The summed E-state index contributed by atoms with van der Waals surface area (Å²) in [7, 11) is 1.67. The van der Waals surface area contributed by atoms with Crippen LogP contribution in [0.15, 0.2) is 91.4 Å². The minimum Gasteiger partial charge on any atom is -0.497 e. The van der Waals surface area contributed by atoms with Crippen LogP contribution >= 0.6 is 12.2 Å². The summed E-state index contributed by atoms with van der Waals surface area (Å²) in [6, 6.07) is 24.0. The van der Waals surface area contributed by atoms with Gasteiger partial charge < -0.3 is 19.5 Å².